The molecule has 0 aliphatic carbocycles. The number of esters is 1. The third kappa shape index (κ3) is 28.2. The van der Waals surface area contributed by atoms with Crippen molar-refractivity contribution in [1.29, 1.82) is 0 Å². The van der Waals surface area contributed by atoms with Crippen molar-refractivity contribution < 1.29 is 86.1 Å². The number of carbonyl (C=O) groups is 1. The van der Waals surface area contributed by atoms with Crippen LogP contribution in [0.3, 0.4) is 0 Å². The van der Waals surface area contributed by atoms with E-state index in [1.54, 1.807) is 17.3 Å². The predicted molar refractivity (Wildman–Crippen MR) is 217 cm³/mol. The fourth-order valence-corrected chi connectivity index (χ4v) is 9.54. The molecule has 0 saturated heterocycles. The van der Waals surface area contributed by atoms with Crippen LogP contribution in [0.15, 0.2) is 121 Å². The van der Waals surface area contributed by atoms with E-state index in [0.717, 1.165) is 13.1 Å². The third-order valence-electron chi connectivity index (χ3n) is 6.88. The average Bonchev–Trinajstić information content (AvgIpc) is 3.23. The fraction of sp³-hybridized carbons (Fsp3) is 0.333. The van der Waals surface area contributed by atoms with Crippen molar-refractivity contribution in [2.75, 3.05) is 45.2 Å². The van der Waals surface area contributed by atoms with Gasteiger partial charge in [-0.15, -0.1) is 0 Å². The average molecular weight is 996 g/mol. The van der Waals surface area contributed by atoms with Crippen molar-refractivity contribution in [2.45, 2.75) is 38.7 Å². The number of benzene rings is 4. The smallest absolute Gasteiger partial charge is 0.0967 e. The van der Waals surface area contributed by atoms with E-state index < -0.39 is 53.2 Å². The Kier molecular flexibility index (Phi) is 33.2. The molecule has 4 aromatic carbocycles. The second-order valence-corrected chi connectivity index (χ2v) is 16.2. The molecule has 4 rings (SSSR count). The summed E-state index contributed by atoms with van der Waals surface area (Å²) in [6, 6.07) is 44.2. The first-order valence-electron chi connectivity index (χ1n) is 17.2. The summed E-state index contributed by atoms with van der Waals surface area (Å²) in [5.41, 5.74) is 0. The molecule has 0 spiro atoms. The van der Waals surface area contributed by atoms with Gasteiger partial charge >= 0.3 is 51.5 Å². The van der Waals surface area contributed by atoms with Gasteiger partial charge in [0.25, 0.3) is 6.29 Å². The summed E-state index contributed by atoms with van der Waals surface area (Å²) in [5.74, 6) is -2.13. The summed E-state index contributed by atoms with van der Waals surface area (Å²) in [6.45, 7) is 5.93. The molecule has 1 atom stereocenters. The van der Waals surface area contributed by atoms with E-state index in [9.17, 15) is 44.3 Å². The van der Waals surface area contributed by atoms with Crippen molar-refractivity contribution in [2.24, 2.45) is 0 Å². The number of halogens is 10. The Labute approximate surface area is 354 Å². The minimum Gasteiger partial charge on any atom is -0.310 e. The first-order valence-corrected chi connectivity index (χ1v) is 23.0. The summed E-state index contributed by atoms with van der Waals surface area (Å²) < 4.78 is 106. The second kappa shape index (κ2) is 33.7. The van der Waals surface area contributed by atoms with Crippen molar-refractivity contribution in [1.82, 2.24) is 5.32 Å². The first kappa shape index (κ1) is 58.1. The zero-order valence-corrected chi connectivity index (χ0v) is 36.5. The number of carbonyl (C=O) groups excluding carboxylic acids is 2. The van der Waals surface area contributed by atoms with E-state index in [-0.39, 0.29) is 13.2 Å². The van der Waals surface area contributed by atoms with E-state index in [1.165, 1.54) is 47.4 Å². The van der Waals surface area contributed by atoms with E-state index in [4.69, 9.17) is 15.0 Å². The molecule has 3 N–H and O–H groups in total. The summed E-state index contributed by atoms with van der Waals surface area (Å²) in [4.78, 5) is 17.5. The molecule has 330 valence electrons. The molecule has 0 aromatic heterocycles. The molecule has 7 nitrogen and oxygen atoms in total. The van der Waals surface area contributed by atoms with Crippen LogP contribution in [0.4, 0.5) is 39.5 Å². The van der Waals surface area contributed by atoms with Crippen molar-refractivity contribution in [3.63, 3.8) is 0 Å². The Morgan fingerprint density at radius 1 is 0.661 bits per heavy atom. The van der Waals surface area contributed by atoms with E-state index in [0.29, 0.717) is 0 Å². The maximum absolute atomic E-state index is 11.3. The monoisotopic (exact) mass is 996 g/mol. The molecule has 4 aromatic rings. The van der Waals surface area contributed by atoms with Gasteiger partial charge in [0.1, 0.15) is 6.61 Å². The standard InChI is InChI=1S/C28H29NP2.C4H7F3O2.C4H5F3O2.C2H3F3O.CHO.ClH.Ru.H/c1-5-13-25(14-6-1)30(26-15-7-2-8-16-26)23-21-29-22-24-31(27-17-9-3-10-18-27)28-19-11-4-12-20-28;2*1-2-9-3(8)4(5,6)7;3-2(4,5)1-6;1-2;;;/h1-20,29H,21-24H2;3,8H,2H2,1H3;2H2,1H3;6H,1H2;1H;1H;;/q;;;;-1;;+3;/p+1. The molecule has 0 bridgehead atoms. The van der Waals surface area contributed by atoms with Gasteiger partial charge in [-0.2, -0.15) is 39.5 Å². The number of aliphatic hydroxyl groups excluding tert-OH is 2. The second-order valence-electron chi connectivity index (χ2n) is 11.0. The van der Waals surface area contributed by atoms with Crippen LogP contribution in [0.25, 0.3) is 0 Å². The van der Waals surface area contributed by atoms with Crippen molar-refractivity contribution in [3.05, 3.63) is 121 Å². The van der Waals surface area contributed by atoms with Crippen LogP contribution in [0.2, 0.25) is 0 Å². The third-order valence-corrected chi connectivity index (χ3v) is 12.5. The Morgan fingerprint density at radius 3 is 1.12 bits per heavy atom. The number of alkyl halides is 9. The maximum atomic E-state index is 11.3. The van der Waals surface area contributed by atoms with Gasteiger partial charge in [-0.05, 0) is 62.4 Å². The van der Waals surface area contributed by atoms with Crippen molar-refractivity contribution in [3.8, 4) is 0 Å². The van der Waals surface area contributed by atoms with Gasteiger partial charge in [0.05, 0.1) is 56.0 Å². The summed E-state index contributed by atoms with van der Waals surface area (Å²) in [7, 11) is 3.09. The topological polar surface area (TPSA) is 105 Å². The van der Waals surface area contributed by atoms with Crippen LogP contribution in [-0.4, -0.2) is 93.0 Å². The summed E-state index contributed by atoms with van der Waals surface area (Å²) in [5, 5.41) is 25.1. The minimum absolute atomic E-state index is 0.152. The molecule has 0 amide bonds. The minimum atomic E-state index is -4.85. The van der Waals surface area contributed by atoms with E-state index in [1.807, 2.05) is 0 Å². The Hall–Kier alpha value is -3.00. The van der Waals surface area contributed by atoms with Gasteiger partial charge < -0.3 is 29.8 Å². The quantitative estimate of drug-likeness (QED) is 0.0194. The molecular weight excluding hydrogens is 948 g/mol. The molecule has 59 heavy (non-hydrogen) atoms. The zero-order chi connectivity index (χ0) is 45.3. The van der Waals surface area contributed by atoms with Gasteiger partial charge in [-0.1, -0.05) is 72.8 Å². The Bertz CT molecular complexity index is 1420. The van der Waals surface area contributed by atoms with Gasteiger partial charge in [-0.3, -0.25) is 6.79 Å². The van der Waals surface area contributed by atoms with Gasteiger partial charge in [0, 0.05) is 19.7 Å². The molecule has 1 unspecified atom stereocenters. The van der Waals surface area contributed by atoms with Crippen LogP contribution in [0, 0.1) is 0 Å². The molecule has 0 heterocycles. The maximum Gasteiger partial charge on any atom is 0.0967 e. The molecule has 0 radical (unpaired) electrons. The predicted octanol–water partition coefficient (Wildman–Crippen LogP) is 7.01. The number of nitrogens with one attached hydrogen (secondary N) is 1. The van der Waals surface area contributed by atoms with Gasteiger partial charge in [0.15, 0.2) is 0 Å². The van der Waals surface area contributed by atoms with Gasteiger partial charge in [0.2, 0.25) is 0 Å². The fourth-order valence-electron chi connectivity index (χ4n) is 4.49. The van der Waals surface area contributed by atoms with Gasteiger partial charge in [-0.25, -0.2) is 4.79 Å². The number of rotatable bonds is 13. The molecule has 20 heteroatoms. The largest absolute Gasteiger partial charge is 0.310 e. The zero-order valence-electron chi connectivity index (χ0n) is 31.8. The number of aliphatic hydroxyl groups is 2. The molecule has 0 aliphatic rings. The summed E-state index contributed by atoms with van der Waals surface area (Å²) >= 11 is 1.62. The normalized spacial score (nSPS) is 11.3. The molecule has 0 fully saturated rings. The van der Waals surface area contributed by atoms with Crippen molar-refractivity contribution >= 4 is 59.5 Å². The van der Waals surface area contributed by atoms with Crippen LogP contribution >= 0.6 is 25.5 Å². The van der Waals surface area contributed by atoms with Crippen LogP contribution in [-0.2, 0) is 36.4 Å². The SMILES string of the molecule is CCOC(=O)C(F)(F)F.CCOC(O)C(F)(F)F.OCC(F)(F)F.[CH-]=O.[Cl][RuH+2].c1ccc([PH+](CCNCC[PH+](c2ccccc2)c2ccccc2)c2ccccc2)cc1. The van der Waals surface area contributed by atoms with Crippen LogP contribution in [0.1, 0.15) is 13.8 Å². The van der Waals surface area contributed by atoms with Crippen LogP contribution in [0.5, 0.6) is 0 Å². The number of ether oxygens (including phenoxy) is 2. The summed E-state index contributed by atoms with van der Waals surface area (Å²) in [6.07, 6.45) is -14.1. The van der Waals surface area contributed by atoms with Crippen LogP contribution < -0.4 is 26.5 Å². The molecular formula is C39H48ClF9NO6P2Ru+3. The number of hydrogen-bond donors (Lipinski definition) is 3. The Balaban J connectivity index is 0. The molecule has 0 saturated carbocycles. The van der Waals surface area contributed by atoms with E-state index in [2.05, 4.69) is 153 Å². The Morgan fingerprint density at radius 2 is 0.949 bits per heavy atom. The number of hydrogen-bond acceptors (Lipinski definition) is 7. The first-order chi connectivity index (χ1) is 27.9. The molecule has 0 aliphatic heterocycles. The van der Waals surface area contributed by atoms with E-state index >= 15 is 0 Å².